The van der Waals surface area contributed by atoms with E-state index in [-0.39, 0.29) is 0 Å². The Balaban J connectivity index is 1.83. The summed E-state index contributed by atoms with van der Waals surface area (Å²) in [5, 5.41) is 2.46. The van der Waals surface area contributed by atoms with Crippen molar-refractivity contribution in [2.75, 3.05) is 0 Å². The van der Waals surface area contributed by atoms with Gasteiger partial charge in [-0.15, -0.1) is 0 Å². The lowest BCUT2D eigenvalue weighted by molar-refractivity contribution is 1.31. The third kappa shape index (κ3) is 2.41. The minimum atomic E-state index is 0.965. The van der Waals surface area contributed by atoms with Crippen LogP contribution in [0.1, 0.15) is 11.3 Å². The molecule has 106 valence electrons. The molecule has 0 saturated carbocycles. The predicted molar refractivity (Wildman–Crippen MR) is 102 cm³/mol. The number of benzene rings is 2. The van der Waals surface area contributed by atoms with E-state index in [0.29, 0.717) is 0 Å². The lowest BCUT2D eigenvalue weighted by atomic mass is 10.1. The van der Waals surface area contributed by atoms with Gasteiger partial charge in [0.05, 0.1) is 11.2 Å². The molecule has 3 heteroatoms. The van der Waals surface area contributed by atoms with Crippen LogP contribution in [0.5, 0.6) is 0 Å². The van der Waals surface area contributed by atoms with E-state index >= 15 is 0 Å². The van der Waals surface area contributed by atoms with Crippen molar-refractivity contribution >= 4 is 56.5 Å². The molecule has 0 spiro atoms. The third-order valence-corrected chi connectivity index (χ3v) is 4.48. The maximum Gasteiger partial charge on any atom is 0.0871 e. The largest absolute Gasteiger partial charge is 0.353 e. The maximum atomic E-state index is 4.52. The first-order chi connectivity index (χ1) is 10.8. The Morgan fingerprint density at radius 3 is 2.55 bits per heavy atom. The number of hydrogen-bond acceptors (Lipinski definition) is 1. The quantitative estimate of drug-likeness (QED) is 0.446. The second kappa shape index (κ2) is 5.57. The lowest BCUT2D eigenvalue weighted by Gasteiger charge is -1.97. The zero-order valence-corrected chi connectivity index (χ0v) is 13.9. The van der Waals surface area contributed by atoms with Gasteiger partial charge in [0.15, 0.2) is 0 Å². The van der Waals surface area contributed by atoms with Gasteiger partial charge in [0.1, 0.15) is 0 Å². The Kier molecular flexibility index (Phi) is 3.42. The van der Waals surface area contributed by atoms with E-state index in [2.05, 4.69) is 93.2 Å². The summed E-state index contributed by atoms with van der Waals surface area (Å²) in [7, 11) is 0. The van der Waals surface area contributed by atoms with Gasteiger partial charge in [-0.05, 0) is 58.5 Å². The van der Waals surface area contributed by atoms with Crippen molar-refractivity contribution in [1.29, 1.82) is 0 Å². The molecular formula is C19H13IN2. The number of fused-ring (bicyclic) bond motifs is 3. The monoisotopic (exact) mass is 396 g/mol. The molecule has 4 aromatic rings. The minimum absolute atomic E-state index is 0.965. The zero-order chi connectivity index (χ0) is 14.9. The van der Waals surface area contributed by atoms with Crippen molar-refractivity contribution in [2.24, 2.45) is 0 Å². The molecule has 0 unspecified atom stereocenters. The van der Waals surface area contributed by atoms with Gasteiger partial charge in [0, 0.05) is 26.1 Å². The van der Waals surface area contributed by atoms with Crippen molar-refractivity contribution in [2.45, 2.75) is 0 Å². The summed E-state index contributed by atoms with van der Waals surface area (Å²) in [6.45, 7) is 0. The number of halogens is 1. The molecule has 4 rings (SSSR count). The fraction of sp³-hybridized carbons (Fsp3) is 0. The summed E-state index contributed by atoms with van der Waals surface area (Å²) in [5.74, 6) is 0. The number of H-pyrrole nitrogens is 1. The fourth-order valence-corrected chi connectivity index (χ4v) is 3.03. The molecular weight excluding hydrogens is 383 g/mol. The Labute approximate surface area is 142 Å². The van der Waals surface area contributed by atoms with E-state index in [1.807, 2.05) is 12.3 Å². The van der Waals surface area contributed by atoms with E-state index in [4.69, 9.17) is 0 Å². The lowest BCUT2D eigenvalue weighted by Crippen LogP contribution is -1.82. The van der Waals surface area contributed by atoms with Gasteiger partial charge >= 0.3 is 0 Å². The summed E-state index contributed by atoms with van der Waals surface area (Å²) in [6.07, 6.45) is 6.04. The first kappa shape index (κ1) is 13.5. The van der Waals surface area contributed by atoms with E-state index < -0.39 is 0 Å². The smallest absolute Gasteiger partial charge is 0.0871 e. The van der Waals surface area contributed by atoms with Gasteiger partial charge in [-0.1, -0.05) is 36.4 Å². The van der Waals surface area contributed by atoms with Gasteiger partial charge < -0.3 is 4.98 Å². The average molecular weight is 396 g/mol. The number of para-hydroxylation sites is 1. The second-order valence-corrected chi connectivity index (χ2v) is 6.42. The molecule has 2 nitrogen and oxygen atoms in total. The van der Waals surface area contributed by atoms with Crippen molar-refractivity contribution < 1.29 is 0 Å². The summed E-state index contributed by atoms with van der Waals surface area (Å²) in [5.41, 5.74) is 4.38. The molecule has 0 amide bonds. The van der Waals surface area contributed by atoms with Crippen molar-refractivity contribution in [3.63, 3.8) is 0 Å². The second-order valence-electron chi connectivity index (χ2n) is 5.17. The molecule has 0 aliphatic rings. The summed E-state index contributed by atoms with van der Waals surface area (Å²) >= 11 is 2.31. The van der Waals surface area contributed by atoms with Crippen molar-refractivity contribution in [3.05, 3.63) is 75.6 Å². The molecule has 2 heterocycles. The average Bonchev–Trinajstić information content (AvgIpc) is 2.94. The van der Waals surface area contributed by atoms with Crippen LogP contribution in [0.4, 0.5) is 0 Å². The number of nitrogens with zero attached hydrogens (tertiary/aromatic N) is 1. The van der Waals surface area contributed by atoms with Crippen LogP contribution < -0.4 is 0 Å². The van der Waals surface area contributed by atoms with E-state index in [9.17, 15) is 0 Å². The first-order valence-electron chi connectivity index (χ1n) is 7.10. The van der Waals surface area contributed by atoms with Gasteiger partial charge in [-0.2, -0.15) is 0 Å². The number of rotatable bonds is 2. The highest BCUT2D eigenvalue weighted by Gasteiger charge is 2.06. The molecule has 2 aromatic carbocycles. The van der Waals surface area contributed by atoms with Crippen LogP contribution in [-0.2, 0) is 0 Å². The van der Waals surface area contributed by atoms with Crippen LogP contribution in [0, 0.1) is 3.57 Å². The molecule has 0 fully saturated rings. The highest BCUT2D eigenvalue weighted by molar-refractivity contribution is 14.1. The van der Waals surface area contributed by atoms with Gasteiger partial charge in [-0.3, -0.25) is 4.98 Å². The van der Waals surface area contributed by atoms with E-state index in [0.717, 1.165) is 16.7 Å². The Hall–Kier alpha value is -2.14. The number of nitrogens with one attached hydrogen (secondary N) is 1. The molecule has 2 aromatic heterocycles. The van der Waals surface area contributed by atoms with Crippen LogP contribution in [0.25, 0.3) is 34.0 Å². The SMILES string of the molecule is Ic1ccc(/C=C\c2nccc3c2[nH]c2ccccc23)cc1. The summed E-state index contributed by atoms with van der Waals surface area (Å²) in [4.78, 5) is 7.99. The highest BCUT2D eigenvalue weighted by Crippen LogP contribution is 2.27. The van der Waals surface area contributed by atoms with Crippen molar-refractivity contribution in [1.82, 2.24) is 9.97 Å². The van der Waals surface area contributed by atoms with E-state index in [1.165, 1.54) is 19.9 Å². The van der Waals surface area contributed by atoms with E-state index in [1.54, 1.807) is 0 Å². The van der Waals surface area contributed by atoms with Gasteiger partial charge in [-0.25, -0.2) is 0 Å². The minimum Gasteiger partial charge on any atom is -0.353 e. The first-order valence-corrected chi connectivity index (χ1v) is 8.18. The topological polar surface area (TPSA) is 28.7 Å². The molecule has 1 N–H and O–H groups in total. The van der Waals surface area contributed by atoms with Crippen LogP contribution in [-0.4, -0.2) is 9.97 Å². The third-order valence-electron chi connectivity index (χ3n) is 3.76. The van der Waals surface area contributed by atoms with Gasteiger partial charge in [0.25, 0.3) is 0 Å². The molecule has 22 heavy (non-hydrogen) atoms. The molecule has 0 bridgehead atoms. The van der Waals surface area contributed by atoms with Crippen LogP contribution >= 0.6 is 22.6 Å². The zero-order valence-electron chi connectivity index (χ0n) is 11.8. The Morgan fingerprint density at radius 2 is 1.68 bits per heavy atom. The number of aromatic amines is 1. The Morgan fingerprint density at radius 1 is 0.864 bits per heavy atom. The summed E-state index contributed by atoms with van der Waals surface area (Å²) < 4.78 is 1.24. The molecule has 0 aliphatic carbocycles. The van der Waals surface area contributed by atoms with Crippen LogP contribution in [0.15, 0.2) is 60.8 Å². The van der Waals surface area contributed by atoms with Gasteiger partial charge in [0.2, 0.25) is 0 Å². The molecule has 0 saturated heterocycles. The fourth-order valence-electron chi connectivity index (χ4n) is 2.67. The molecule has 0 atom stereocenters. The normalized spacial score (nSPS) is 11.7. The standard InChI is InChI=1S/C19H13IN2/c20-14-8-5-13(6-9-14)7-10-18-19-16(11-12-21-18)15-3-1-2-4-17(15)22-19/h1-12,22H/b10-7-. The van der Waals surface area contributed by atoms with Crippen LogP contribution in [0.3, 0.4) is 0 Å². The maximum absolute atomic E-state index is 4.52. The van der Waals surface area contributed by atoms with Crippen LogP contribution in [0.2, 0.25) is 0 Å². The summed E-state index contributed by atoms with van der Waals surface area (Å²) in [6, 6.07) is 18.9. The number of hydrogen-bond donors (Lipinski definition) is 1. The highest BCUT2D eigenvalue weighted by atomic mass is 127. The number of aromatic nitrogens is 2. The Bertz CT molecular complexity index is 981. The van der Waals surface area contributed by atoms with Crippen molar-refractivity contribution in [3.8, 4) is 0 Å². The molecule has 0 aliphatic heterocycles. The number of pyridine rings is 1. The predicted octanol–water partition coefficient (Wildman–Crippen LogP) is 5.49. The molecule has 0 radical (unpaired) electrons.